The van der Waals surface area contributed by atoms with Gasteiger partial charge in [0, 0.05) is 44.5 Å². The largest absolute Gasteiger partial charge is 0.344 e. The van der Waals surface area contributed by atoms with Crippen LogP contribution in [0.1, 0.15) is 46.0 Å². The highest BCUT2D eigenvalue weighted by Crippen LogP contribution is 2.24. The Morgan fingerprint density at radius 1 is 1.04 bits per heavy atom. The van der Waals surface area contributed by atoms with Crippen LogP contribution in [0.25, 0.3) is 0 Å². The highest BCUT2D eigenvalue weighted by atomic mass is 16.2. The van der Waals surface area contributed by atoms with Gasteiger partial charge in [-0.25, -0.2) is 9.97 Å². The molecule has 3 rings (SSSR count). The number of rotatable bonds is 5. The van der Waals surface area contributed by atoms with Crippen molar-refractivity contribution in [3.05, 3.63) is 18.5 Å². The third kappa shape index (κ3) is 4.96. The molecule has 0 bridgehead atoms. The number of aromatic nitrogens is 2. The molecular formula is C20H31N5O2. The molecule has 27 heavy (non-hydrogen) atoms. The van der Waals surface area contributed by atoms with Crippen molar-refractivity contribution in [3.8, 4) is 0 Å². The Bertz CT molecular complexity index is 623. The number of hydrogen-bond acceptors (Lipinski definition) is 5. The Labute approximate surface area is 161 Å². The van der Waals surface area contributed by atoms with Crippen LogP contribution < -0.4 is 10.2 Å². The summed E-state index contributed by atoms with van der Waals surface area (Å²) in [4.78, 5) is 38.2. The maximum absolute atomic E-state index is 13.1. The molecule has 2 amide bonds. The Balaban J connectivity index is 1.56. The van der Waals surface area contributed by atoms with Gasteiger partial charge in [0.05, 0.1) is 0 Å². The van der Waals surface area contributed by atoms with Gasteiger partial charge in [0.2, 0.25) is 17.8 Å². The van der Waals surface area contributed by atoms with E-state index >= 15 is 0 Å². The Morgan fingerprint density at radius 3 is 2.26 bits per heavy atom. The van der Waals surface area contributed by atoms with E-state index in [1.165, 1.54) is 6.42 Å². The summed E-state index contributed by atoms with van der Waals surface area (Å²) in [6.07, 6.45) is 8.79. The van der Waals surface area contributed by atoms with Crippen LogP contribution >= 0.6 is 0 Å². The number of carbonyl (C=O) groups is 2. The Kier molecular flexibility index (Phi) is 6.63. The molecule has 0 aromatic carbocycles. The first-order chi connectivity index (χ1) is 13.1. The maximum atomic E-state index is 13.1. The van der Waals surface area contributed by atoms with E-state index < -0.39 is 6.04 Å². The molecule has 1 saturated heterocycles. The summed E-state index contributed by atoms with van der Waals surface area (Å²) in [6, 6.07) is 1.35. The lowest BCUT2D eigenvalue weighted by Crippen LogP contribution is -2.57. The van der Waals surface area contributed by atoms with E-state index in [0.29, 0.717) is 32.1 Å². The summed E-state index contributed by atoms with van der Waals surface area (Å²) in [5.74, 6) is 0.928. The number of carbonyl (C=O) groups excluding carboxylic acids is 2. The molecule has 2 fully saturated rings. The van der Waals surface area contributed by atoms with Crippen molar-refractivity contribution in [2.75, 3.05) is 31.1 Å². The first-order valence-electron chi connectivity index (χ1n) is 10.2. The molecule has 2 heterocycles. The molecule has 1 saturated carbocycles. The van der Waals surface area contributed by atoms with E-state index in [1.807, 2.05) is 18.7 Å². The highest BCUT2D eigenvalue weighted by Gasteiger charge is 2.33. The zero-order valence-electron chi connectivity index (χ0n) is 16.4. The molecule has 0 spiro atoms. The van der Waals surface area contributed by atoms with E-state index in [0.717, 1.165) is 25.7 Å². The van der Waals surface area contributed by atoms with Crippen molar-refractivity contribution in [2.45, 2.75) is 52.0 Å². The molecule has 148 valence electrons. The second kappa shape index (κ2) is 9.15. The number of hydrogen-bond donors (Lipinski definition) is 1. The minimum atomic E-state index is -0.445. The van der Waals surface area contributed by atoms with Crippen LogP contribution in [0.15, 0.2) is 18.5 Å². The molecule has 1 atom stereocenters. The third-order valence-corrected chi connectivity index (χ3v) is 5.63. The van der Waals surface area contributed by atoms with Gasteiger partial charge in [0.25, 0.3) is 0 Å². The third-order valence-electron chi connectivity index (χ3n) is 5.63. The molecule has 7 heteroatoms. The van der Waals surface area contributed by atoms with Gasteiger partial charge in [-0.15, -0.1) is 0 Å². The lowest BCUT2D eigenvalue weighted by molar-refractivity contribution is -0.139. The molecule has 1 aromatic rings. The Hall–Kier alpha value is -2.18. The molecule has 1 aromatic heterocycles. The topological polar surface area (TPSA) is 78.4 Å². The van der Waals surface area contributed by atoms with E-state index in [2.05, 4.69) is 20.2 Å². The average molecular weight is 374 g/mol. The van der Waals surface area contributed by atoms with E-state index in [-0.39, 0.29) is 23.7 Å². The SMILES string of the molecule is CC(C)C(NC(=O)C1CCCCC1)C(=O)N1CCN(c2ncccn2)CC1. The first kappa shape index (κ1) is 19.6. The molecule has 2 aliphatic rings. The molecule has 1 unspecified atom stereocenters. The first-order valence-corrected chi connectivity index (χ1v) is 10.2. The van der Waals surface area contributed by atoms with Crippen molar-refractivity contribution in [3.63, 3.8) is 0 Å². The Morgan fingerprint density at radius 2 is 1.67 bits per heavy atom. The smallest absolute Gasteiger partial charge is 0.245 e. The fraction of sp³-hybridized carbons (Fsp3) is 0.700. The fourth-order valence-electron chi connectivity index (χ4n) is 3.93. The molecule has 7 nitrogen and oxygen atoms in total. The lowest BCUT2D eigenvalue weighted by atomic mass is 9.88. The molecular weight excluding hydrogens is 342 g/mol. The van der Waals surface area contributed by atoms with E-state index in [1.54, 1.807) is 18.5 Å². The lowest BCUT2D eigenvalue weighted by Gasteiger charge is -2.37. The predicted molar refractivity (Wildman–Crippen MR) is 104 cm³/mol. The number of nitrogens with one attached hydrogen (secondary N) is 1. The van der Waals surface area contributed by atoms with E-state index in [4.69, 9.17) is 0 Å². The fourth-order valence-corrected chi connectivity index (χ4v) is 3.93. The van der Waals surface area contributed by atoms with Gasteiger partial charge in [-0.2, -0.15) is 0 Å². The van der Waals surface area contributed by atoms with Crippen molar-refractivity contribution in [2.24, 2.45) is 11.8 Å². The summed E-state index contributed by atoms with van der Waals surface area (Å²) < 4.78 is 0. The normalized spacial score (nSPS) is 19.8. The van der Waals surface area contributed by atoms with Gasteiger partial charge >= 0.3 is 0 Å². The van der Waals surface area contributed by atoms with Gasteiger partial charge in [-0.05, 0) is 24.8 Å². The van der Waals surface area contributed by atoms with Crippen molar-refractivity contribution >= 4 is 17.8 Å². The summed E-state index contributed by atoms with van der Waals surface area (Å²) in [7, 11) is 0. The van der Waals surface area contributed by atoms with Gasteiger partial charge < -0.3 is 15.1 Å². The summed E-state index contributed by atoms with van der Waals surface area (Å²) in [5, 5.41) is 3.06. The molecule has 1 aliphatic heterocycles. The van der Waals surface area contributed by atoms with Gasteiger partial charge in [0.15, 0.2) is 0 Å². The number of amides is 2. The number of anilines is 1. The zero-order valence-corrected chi connectivity index (χ0v) is 16.4. The van der Waals surface area contributed by atoms with Crippen LogP contribution in [0.4, 0.5) is 5.95 Å². The predicted octanol–water partition coefficient (Wildman–Crippen LogP) is 1.85. The second-order valence-electron chi connectivity index (χ2n) is 7.93. The van der Waals surface area contributed by atoms with Crippen LogP contribution in [0.5, 0.6) is 0 Å². The van der Waals surface area contributed by atoms with E-state index in [9.17, 15) is 9.59 Å². The number of nitrogens with zero attached hydrogens (tertiary/aromatic N) is 4. The molecule has 0 radical (unpaired) electrons. The van der Waals surface area contributed by atoms with Gasteiger partial charge in [-0.3, -0.25) is 9.59 Å². The van der Waals surface area contributed by atoms with Crippen molar-refractivity contribution in [1.29, 1.82) is 0 Å². The summed E-state index contributed by atoms with van der Waals surface area (Å²) >= 11 is 0. The maximum Gasteiger partial charge on any atom is 0.245 e. The molecule has 1 aliphatic carbocycles. The van der Waals surface area contributed by atoms with Crippen LogP contribution in [0.2, 0.25) is 0 Å². The summed E-state index contributed by atoms with van der Waals surface area (Å²) in [5.41, 5.74) is 0. The quantitative estimate of drug-likeness (QED) is 0.852. The zero-order chi connectivity index (χ0) is 19.2. The second-order valence-corrected chi connectivity index (χ2v) is 7.93. The van der Waals surface area contributed by atoms with Crippen LogP contribution in [0, 0.1) is 11.8 Å². The monoisotopic (exact) mass is 373 g/mol. The van der Waals surface area contributed by atoms with Crippen LogP contribution in [-0.4, -0.2) is 58.9 Å². The van der Waals surface area contributed by atoms with Crippen molar-refractivity contribution in [1.82, 2.24) is 20.2 Å². The van der Waals surface area contributed by atoms with Crippen LogP contribution in [-0.2, 0) is 9.59 Å². The highest BCUT2D eigenvalue weighted by molar-refractivity contribution is 5.89. The van der Waals surface area contributed by atoms with Crippen molar-refractivity contribution < 1.29 is 9.59 Å². The van der Waals surface area contributed by atoms with Crippen LogP contribution in [0.3, 0.4) is 0 Å². The summed E-state index contributed by atoms with van der Waals surface area (Å²) in [6.45, 7) is 6.66. The number of piperazine rings is 1. The van der Waals surface area contributed by atoms with Gasteiger partial charge in [-0.1, -0.05) is 33.1 Å². The average Bonchev–Trinajstić information content (AvgIpc) is 2.72. The van der Waals surface area contributed by atoms with Gasteiger partial charge in [0.1, 0.15) is 6.04 Å². The minimum Gasteiger partial charge on any atom is -0.344 e. The minimum absolute atomic E-state index is 0.0304. The molecule has 1 N–H and O–H groups in total. The standard InChI is InChI=1S/C20H31N5O2/c1-15(2)17(23-18(26)16-7-4-3-5-8-16)19(27)24-11-13-25(14-12-24)20-21-9-6-10-22-20/h6,9-10,15-17H,3-5,7-8,11-14H2,1-2H3,(H,23,26).